The van der Waals surface area contributed by atoms with E-state index in [1.54, 1.807) is 19.0 Å². The smallest absolute Gasteiger partial charge is 0.124 e. The number of nitrogens with two attached hydrogens (primary N) is 1. The molecule has 7 aromatic carbocycles. The number of nitrogens with zero attached hydrogens (tertiary/aromatic N) is 7. The molecule has 274 valence electrons. The van der Waals surface area contributed by atoms with Gasteiger partial charge in [0.05, 0.1) is 32.8 Å². The van der Waals surface area contributed by atoms with Crippen LogP contribution >= 0.6 is 0 Å². The van der Waals surface area contributed by atoms with Crippen LogP contribution in [0.25, 0.3) is 44.3 Å². The lowest BCUT2D eigenvalue weighted by molar-refractivity contribution is 0.414. The maximum atomic E-state index is 6.20. The molecule has 2 N–H and O–H groups in total. The highest BCUT2D eigenvalue weighted by atomic mass is 16.5. The summed E-state index contributed by atoms with van der Waals surface area (Å²) in [4.78, 5) is 4.01. The quantitative estimate of drug-likeness (QED) is 0.131. The number of rotatable bonds is 11. The van der Waals surface area contributed by atoms with Gasteiger partial charge >= 0.3 is 0 Å². The van der Waals surface area contributed by atoms with Crippen molar-refractivity contribution in [3.63, 3.8) is 0 Å². The Labute approximate surface area is 324 Å². The summed E-state index contributed by atoms with van der Waals surface area (Å²) < 4.78 is 12.8. The van der Waals surface area contributed by atoms with Crippen LogP contribution in [0.3, 0.4) is 0 Å². The predicted octanol–water partition coefficient (Wildman–Crippen LogP) is 9.68. The van der Waals surface area contributed by atoms with Crippen molar-refractivity contribution in [1.82, 2.24) is 30.0 Å². The van der Waals surface area contributed by atoms with E-state index in [2.05, 4.69) is 77.7 Å². The number of methoxy groups -OCH3 is 2. The number of hydrogen-bond acceptors (Lipinski definition) is 8. The first-order valence-electron chi connectivity index (χ1n) is 18.3. The Hall–Kier alpha value is -7.46. The van der Waals surface area contributed by atoms with Gasteiger partial charge in [0.2, 0.25) is 0 Å². The maximum Gasteiger partial charge on any atom is 0.124 e. The van der Waals surface area contributed by atoms with Crippen LogP contribution in [-0.2, 0) is 13.1 Å². The first-order valence-corrected chi connectivity index (χ1v) is 18.3. The highest BCUT2D eigenvalue weighted by molar-refractivity contribution is 6.16. The average molecular weight is 735 g/mol. The largest absolute Gasteiger partial charge is 0.497 e. The standard InChI is InChI=1S/C46H38N8O2/c1-55-39-25-13-31(14-26-39)29-52-46-42(34-17-21-35(47)22-18-34)44-43(49-53(50-44)30-32-15-27-40(56-2)28-16-32)41(45(46)48-51-52)33-19-23-38(24-20-33)54(36-9-5-3-6-10-36)37-11-7-4-8-12-37/h3-28H,29-30,47H2,1-2H3. The Morgan fingerprint density at radius 1 is 0.518 bits per heavy atom. The van der Waals surface area contributed by atoms with E-state index in [4.69, 9.17) is 35.7 Å². The maximum absolute atomic E-state index is 6.20. The lowest BCUT2D eigenvalue weighted by Crippen LogP contribution is -2.09. The summed E-state index contributed by atoms with van der Waals surface area (Å²) in [5.74, 6) is 1.58. The third-order valence-electron chi connectivity index (χ3n) is 9.95. The summed E-state index contributed by atoms with van der Waals surface area (Å²) in [5, 5.41) is 20.1. The van der Waals surface area contributed by atoms with Gasteiger partial charge in [0.15, 0.2) is 0 Å². The summed E-state index contributed by atoms with van der Waals surface area (Å²) in [7, 11) is 3.33. The molecule has 0 amide bonds. The molecule has 0 saturated heterocycles. The molecule has 0 unspecified atom stereocenters. The van der Waals surface area contributed by atoms with Crippen molar-refractivity contribution < 1.29 is 9.47 Å². The normalized spacial score (nSPS) is 11.2. The summed E-state index contributed by atoms with van der Waals surface area (Å²) in [6.07, 6.45) is 0. The van der Waals surface area contributed by atoms with E-state index in [1.807, 2.05) is 89.6 Å². The van der Waals surface area contributed by atoms with Gasteiger partial charge in [-0.3, -0.25) is 0 Å². The van der Waals surface area contributed by atoms with Gasteiger partial charge in [-0.2, -0.15) is 15.0 Å². The molecule has 0 fully saturated rings. The monoisotopic (exact) mass is 734 g/mol. The Morgan fingerprint density at radius 3 is 1.55 bits per heavy atom. The molecule has 10 heteroatoms. The minimum Gasteiger partial charge on any atom is -0.497 e. The average Bonchev–Trinajstić information content (AvgIpc) is 3.86. The van der Waals surface area contributed by atoms with Crippen molar-refractivity contribution in [3.8, 4) is 33.8 Å². The fourth-order valence-electron chi connectivity index (χ4n) is 7.19. The van der Waals surface area contributed by atoms with Crippen molar-refractivity contribution in [2.45, 2.75) is 13.1 Å². The number of anilines is 4. The van der Waals surface area contributed by atoms with E-state index in [0.29, 0.717) is 18.8 Å². The van der Waals surface area contributed by atoms with Crippen LogP contribution in [0.4, 0.5) is 22.7 Å². The molecule has 9 aromatic rings. The number of hydrogen-bond donors (Lipinski definition) is 1. The SMILES string of the molecule is COc1ccc(Cn2nc3c(-c4ccc(N(c5ccccc5)c5ccccc5)cc4)c4nnn(Cc5ccc(OC)cc5)c4c(-c4ccc(N)cc4)c3n2)cc1. The van der Waals surface area contributed by atoms with Crippen LogP contribution in [0.5, 0.6) is 11.5 Å². The summed E-state index contributed by atoms with van der Waals surface area (Å²) in [6, 6.07) is 53.1. The Kier molecular flexibility index (Phi) is 9.04. The van der Waals surface area contributed by atoms with Gasteiger partial charge in [0, 0.05) is 33.9 Å². The molecule has 0 bridgehead atoms. The van der Waals surface area contributed by atoms with Crippen LogP contribution < -0.4 is 20.1 Å². The Bertz CT molecular complexity index is 2700. The molecule has 0 aliphatic rings. The second kappa shape index (κ2) is 14.8. The number of nitrogen functional groups attached to an aromatic ring is 1. The molecule has 56 heavy (non-hydrogen) atoms. The third-order valence-corrected chi connectivity index (χ3v) is 9.95. The predicted molar refractivity (Wildman–Crippen MR) is 223 cm³/mol. The van der Waals surface area contributed by atoms with E-state index >= 15 is 0 Å². The highest BCUT2D eigenvalue weighted by Gasteiger charge is 2.26. The minimum atomic E-state index is 0.461. The third kappa shape index (κ3) is 6.53. The fraction of sp³-hybridized carbons (Fsp3) is 0.0870. The molecular formula is C46H38N8O2. The molecule has 0 atom stereocenters. The Balaban J connectivity index is 1.25. The lowest BCUT2D eigenvalue weighted by Gasteiger charge is -2.25. The van der Waals surface area contributed by atoms with Crippen molar-refractivity contribution in [3.05, 3.63) is 169 Å². The van der Waals surface area contributed by atoms with Gasteiger partial charge in [0.25, 0.3) is 0 Å². The zero-order valence-electron chi connectivity index (χ0n) is 30.9. The lowest BCUT2D eigenvalue weighted by atomic mass is 9.95. The Morgan fingerprint density at radius 2 is 1.00 bits per heavy atom. The molecule has 10 nitrogen and oxygen atoms in total. The topological polar surface area (TPSA) is 109 Å². The van der Waals surface area contributed by atoms with E-state index < -0.39 is 0 Å². The molecule has 0 aliphatic heterocycles. The molecule has 0 radical (unpaired) electrons. The van der Waals surface area contributed by atoms with Gasteiger partial charge in [-0.1, -0.05) is 90.1 Å². The van der Waals surface area contributed by atoms with E-state index in [9.17, 15) is 0 Å². The van der Waals surface area contributed by atoms with Gasteiger partial charge in [-0.25, -0.2) is 4.68 Å². The second-order valence-electron chi connectivity index (χ2n) is 13.5. The molecule has 0 saturated carbocycles. The van der Waals surface area contributed by atoms with Crippen molar-refractivity contribution in [1.29, 1.82) is 0 Å². The van der Waals surface area contributed by atoms with Crippen LogP contribution in [-0.4, -0.2) is 44.2 Å². The van der Waals surface area contributed by atoms with Crippen LogP contribution in [0, 0.1) is 0 Å². The van der Waals surface area contributed by atoms with Crippen molar-refractivity contribution >= 4 is 44.8 Å². The van der Waals surface area contributed by atoms with Gasteiger partial charge < -0.3 is 20.1 Å². The van der Waals surface area contributed by atoms with E-state index in [0.717, 1.165) is 84.0 Å². The zero-order chi connectivity index (χ0) is 38.0. The molecule has 0 aliphatic carbocycles. The first kappa shape index (κ1) is 34.3. The number of fused-ring (bicyclic) bond motifs is 2. The summed E-state index contributed by atoms with van der Waals surface area (Å²) >= 11 is 0. The number of para-hydroxylation sites is 2. The van der Waals surface area contributed by atoms with Crippen molar-refractivity contribution in [2.24, 2.45) is 0 Å². The molecule has 2 aromatic heterocycles. The van der Waals surface area contributed by atoms with Crippen LogP contribution in [0.1, 0.15) is 11.1 Å². The second-order valence-corrected chi connectivity index (χ2v) is 13.5. The molecule has 9 rings (SSSR count). The highest BCUT2D eigenvalue weighted by Crippen LogP contribution is 2.43. The van der Waals surface area contributed by atoms with Crippen LogP contribution in [0.15, 0.2) is 158 Å². The zero-order valence-corrected chi connectivity index (χ0v) is 30.9. The minimum absolute atomic E-state index is 0.461. The van der Waals surface area contributed by atoms with E-state index in [1.165, 1.54) is 0 Å². The van der Waals surface area contributed by atoms with E-state index in [-0.39, 0.29) is 0 Å². The molecule has 2 heterocycles. The first-order chi connectivity index (χ1) is 27.6. The van der Waals surface area contributed by atoms with Gasteiger partial charge in [-0.05, 0) is 95.1 Å². The summed E-state index contributed by atoms with van der Waals surface area (Å²) in [6.45, 7) is 0.943. The van der Waals surface area contributed by atoms with Gasteiger partial charge in [-0.15, -0.1) is 5.10 Å². The fourth-order valence-corrected chi connectivity index (χ4v) is 7.19. The number of benzene rings is 7. The molecule has 0 spiro atoms. The summed E-state index contributed by atoms with van der Waals surface area (Å²) in [5.41, 5.74) is 18.8. The number of aromatic nitrogens is 6. The van der Waals surface area contributed by atoms with Crippen molar-refractivity contribution in [2.75, 3.05) is 24.9 Å². The van der Waals surface area contributed by atoms with Crippen LogP contribution in [0.2, 0.25) is 0 Å². The number of ether oxygens (including phenoxy) is 2. The van der Waals surface area contributed by atoms with Gasteiger partial charge in [0.1, 0.15) is 28.0 Å². The molecular weight excluding hydrogens is 697 g/mol.